The van der Waals surface area contributed by atoms with Gasteiger partial charge in [-0.05, 0) is 38.6 Å². The van der Waals surface area contributed by atoms with Crippen molar-refractivity contribution in [1.82, 2.24) is 15.2 Å². The zero-order valence-corrected chi connectivity index (χ0v) is 11.5. The highest BCUT2D eigenvalue weighted by Gasteiger charge is 2.12. The number of hydrogen-bond acceptors (Lipinski definition) is 3. The number of nitrogens with zero attached hydrogens (tertiary/aromatic N) is 2. The second kappa shape index (κ2) is 7.41. The summed E-state index contributed by atoms with van der Waals surface area (Å²) in [5.74, 6) is 0.735. The predicted molar refractivity (Wildman–Crippen MR) is 72.9 cm³/mol. The van der Waals surface area contributed by atoms with Gasteiger partial charge in [-0.2, -0.15) is 0 Å². The first kappa shape index (κ1) is 14.1. The van der Waals surface area contributed by atoms with E-state index in [1.807, 2.05) is 18.3 Å². The third kappa shape index (κ3) is 5.80. The summed E-state index contributed by atoms with van der Waals surface area (Å²) in [4.78, 5) is 6.60. The topological polar surface area (TPSA) is 28.2 Å². The van der Waals surface area contributed by atoms with E-state index in [0.29, 0.717) is 6.04 Å². The van der Waals surface area contributed by atoms with Crippen LogP contribution in [0.25, 0.3) is 0 Å². The SMILES string of the molecule is CC(C)CC(CNCc1ccccn1)N(C)C. The molecule has 0 saturated heterocycles. The van der Waals surface area contributed by atoms with E-state index in [4.69, 9.17) is 0 Å². The Kier molecular flexibility index (Phi) is 6.16. The standard InChI is InChI=1S/C14H25N3/c1-12(2)9-14(17(3)4)11-15-10-13-7-5-6-8-16-13/h5-8,12,14-15H,9-11H2,1-4H3. The van der Waals surface area contributed by atoms with Crippen LogP contribution in [-0.2, 0) is 6.54 Å². The third-order valence-corrected chi connectivity index (χ3v) is 2.89. The van der Waals surface area contributed by atoms with Gasteiger partial charge in [0.15, 0.2) is 0 Å². The van der Waals surface area contributed by atoms with Crippen LogP contribution >= 0.6 is 0 Å². The highest BCUT2D eigenvalue weighted by molar-refractivity contribution is 5.02. The molecule has 0 fully saturated rings. The van der Waals surface area contributed by atoms with Crippen molar-refractivity contribution >= 4 is 0 Å². The summed E-state index contributed by atoms with van der Waals surface area (Å²) in [6, 6.07) is 6.63. The minimum Gasteiger partial charge on any atom is -0.310 e. The maximum absolute atomic E-state index is 4.31. The first-order valence-electron chi connectivity index (χ1n) is 6.36. The van der Waals surface area contributed by atoms with Crippen LogP contribution in [-0.4, -0.2) is 36.6 Å². The van der Waals surface area contributed by atoms with Gasteiger partial charge in [0.05, 0.1) is 5.69 Å². The molecule has 1 atom stereocenters. The molecule has 96 valence electrons. The molecule has 1 heterocycles. The first-order chi connectivity index (χ1) is 8.09. The fourth-order valence-electron chi connectivity index (χ4n) is 1.89. The second-order valence-corrected chi connectivity index (χ2v) is 5.20. The third-order valence-electron chi connectivity index (χ3n) is 2.89. The summed E-state index contributed by atoms with van der Waals surface area (Å²) >= 11 is 0. The highest BCUT2D eigenvalue weighted by atomic mass is 15.1. The molecule has 0 saturated carbocycles. The Hall–Kier alpha value is -0.930. The Labute approximate surface area is 105 Å². The zero-order chi connectivity index (χ0) is 12.7. The van der Waals surface area contributed by atoms with E-state index in [1.165, 1.54) is 6.42 Å². The van der Waals surface area contributed by atoms with Gasteiger partial charge in [0, 0.05) is 25.3 Å². The number of pyridine rings is 1. The van der Waals surface area contributed by atoms with Crippen molar-refractivity contribution in [2.45, 2.75) is 32.9 Å². The molecule has 1 N–H and O–H groups in total. The lowest BCUT2D eigenvalue weighted by molar-refractivity contribution is 0.246. The van der Waals surface area contributed by atoms with Crippen molar-refractivity contribution in [2.24, 2.45) is 5.92 Å². The Morgan fingerprint density at radius 3 is 2.59 bits per heavy atom. The summed E-state index contributed by atoms with van der Waals surface area (Å²) in [6.07, 6.45) is 3.07. The fraction of sp³-hybridized carbons (Fsp3) is 0.643. The Morgan fingerprint density at radius 2 is 2.06 bits per heavy atom. The molecule has 17 heavy (non-hydrogen) atoms. The Balaban J connectivity index is 2.32. The van der Waals surface area contributed by atoms with E-state index >= 15 is 0 Å². The molecule has 0 aliphatic carbocycles. The van der Waals surface area contributed by atoms with Crippen LogP contribution in [0.3, 0.4) is 0 Å². The maximum Gasteiger partial charge on any atom is 0.0541 e. The molecule has 3 nitrogen and oxygen atoms in total. The Bertz CT molecular complexity index is 296. The van der Waals surface area contributed by atoms with Crippen LogP contribution in [0, 0.1) is 5.92 Å². The molecule has 0 radical (unpaired) electrons. The minimum atomic E-state index is 0.596. The maximum atomic E-state index is 4.31. The minimum absolute atomic E-state index is 0.596. The van der Waals surface area contributed by atoms with Crippen LogP contribution in [0.4, 0.5) is 0 Å². The van der Waals surface area contributed by atoms with Crippen molar-refractivity contribution in [3.63, 3.8) is 0 Å². The van der Waals surface area contributed by atoms with Crippen LogP contribution in [0.1, 0.15) is 26.0 Å². The molecule has 1 aromatic heterocycles. The monoisotopic (exact) mass is 235 g/mol. The molecule has 1 rings (SSSR count). The number of nitrogens with one attached hydrogen (secondary N) is 1. The molecule has 0 aliphatic heterocycles. The molecule has 0 amide bonds. The van der Waals surface area contributed by atoms with Crippen LogP contribution in [0.15, 0.2) is 24.4 Å². The molecular weight excluding hydrogens is 210 g/mol. The first-order valence-corrected chi connectivity index (χ1v) is 6.36. The van der Waals surface area contributed by atoms with Gasteiger partial charge in [-0.25, -0.2) is 0 Å². The van der Waals surface area contributed by atoms with Gasteiger partial charge >= 0.3 is 0 Å². The van der Waals surface area contributed by atoms with Gasteiger partial charge in [-0.3, -0.25) is 4.98 Å². The fourth-order valence-corrected chi connectivity index (χ4v) is 1.89. The Morgan fingerprint density at radius 1 is 1.29 bits per heavy atom. The van der Waals surface area contributed by atoms with Crippen molar-refractivity contribution in [2.75, 3.05) is 20.6 Å². The van der Waals surface area contributed by atoms with Crippen molar-refractivity contribution in [3.05, 3.63) is 30.1 Å². The number of aromatic nitrogens is 1. The quantitative estimate of drug-likeness (QED) is 0.785. The summed E-state index contributed by atoms with van der Waals surface area (Å²) < 4.78 is 0. The van der Waals surface area contributed by atoms with E-state index < -0.39 is 0 Å². The average molecular weight is 235 g/mol. The van der Waals surface area contributed by atoms with E-state index in [1.54, 1.807) is 0 Å². The van der Waals surface area contributed by atoms with Crippen LogP contribution < -0.4 is 5.32 Å². The lowest BCUT2D eigenvalue weighted by Crippen LogP contribution is -2.38. The molecule has 3 heteroatoms. The zero-order valence-electron chi connectivity index (χ0n) is 11.5. The van der Waals surface area contributed by atoms with Gasteiger partial charge in [0.2, 0.25) is 0 Å². The summed E-state index contributed by atoms with van der Waals surface area (Å²) in [7, 11) is 4.30. The lowest BCUT2D eigenvalue weighted by Gasteiger charge is -2.26. The molecule has 0 spiro atoms. The van der Waals surface area contributed by atoms with E-state index in [2.05, 4.69) is 49.2 Å². The molecule has 1 aromatic rings. The van der Waals surface area contributed by atoms with Gasteiger partial charge in [0.25, 0.3) is 0 Å². The van der Waals surface area contributed by atoms with Gasteiger partial charge < -0.3 is 10.2 Å². The van der Waals surface area contributed by atoms with Crippen LogP contribution in [0.2, 0.25) is 0 Å². The lowest BCUT2D eigenvalue weighted by atomic mass is 10.0. The van der Waals surface area contributed by atoms with E-state index in [9.17, 15) is 0 Å². The van der Waals surface area contributed by atoms with Crippen molar-refractivity contribution < 1.29 is 0 Å². The molecular formula is C14H25N3. The summed E-state index contributed by atoms with van der Waals surface area (Å²) in [6.45, 7) is 6.41. The van der Waals surface area contributed by atoms with Crippen LogP contribution in [0.5, 0.6) is 0 Å². The summed E-state index contributed by atoms with van der Waals surface area (Å²) in [5.41, 5.74) is 1.11. The predicted octanol–water partition coefficient (Wildman–Crippen LogP) is 2.15. The van der Waals surface area contributed by atoms with Crippen molar-refractivity contribution in [1.29, 1.82) is 0 Å². The average Bonchev–Trinajstić information content (AvgIpc) is 2.28. The van der Waals surface area contributed by atoms with Gasteiger partial charge in [-0.15, -0.1) is 0 Å². The second-order valence-electron chi connectivity index (χ2n) is 5.20. The van der Waals surface area contributed by atoms with E-state index in [-0.39, 0.29) is 0 Å². The molecule has 1 unspecified atom stereocenters. The van der Waals surface area contributed by atoms with Gasteiger partial charge in [-0.1, -0.05) is 19.9 Å². The molecule has 0 bridgehead atoms. The number of hydrogen-bond donors (Lipinski definition) is 1. The highest BCUT2D eigenvalue weighted by Crippen LogP contribution is 2.08. The molecule has 0 aliphatic rings. The number of rotatable bonds is 7. The summed E-state index contributed by atoms with van der Waals surface area (Å²) in [5, 5.41) is 3.48. The van der Waals surface area contributed by atoms with E-state index in [0.717, 1.165) is 24.7 Å². The van der Waals surface area contributed by atoms with Gasteiger partial charge in [0.1, 0.15) is 0 Å². The molecule has 0 aromatic carbocycles. The number of likely N-dealkylation sites (N-methyl/N-ethyl adjacent to an activating group) is 1. The van der Waals surface area contributed by atoms with Crippen molar-refractivity contribution in [3.8, 4) is 0 Å². The largest absolute Gasteiger partial charge is 0.310 e. The normalized spacial score (nSPS) is 13.3. The smallest absolute Gasteiger partial charge is 0.0541 e.